The van der Waals surface area contributed by atoms with Gasteiger partial charge in [-0.25, -0.2) is 0 Å². The minimum Gasteiger partial charge on any atom is -0.354 e. The largest absolute Gasteiger partial charge is 0.354 e. The zero-order valence-electron chi connectivity index (χ0n) is 18.4. The Morgan fingerprint density at radius 1 is 1.19 bits per heavy atom. The quantitative estimate of drug-likeness (QED) is 0.597. The highest BCUT2D eigenvalue weighted by Crippen LogP contribution is 2.38. The van der Waals surface area contributed by atoms with E-state index in [9.17, 15) is 9.59 Å². The number of nitrogens with one attached hydrogen (secondary N) is 1. The fourth-order valence-electron chi connectivity index (χ4n) is 4.33. The van der Waals surface area contributed by atoms with Crippen molar-refractivity contribution in [3.8, 4) is 0 Å². The second kappa shape index (κ2) is 8.04. The van der Waals surface area contributed by atoms with E-state index in [2.05, 4.69) is 19.2 Å². The summed E-state index contributed by atoms with van der Waals surface area (Å²) in [6.07, 6.45) is 0.879. The van der Waals surface area contributed by atoms with Crippen molar-refractivity contribution in [1.82, 2.24) is 9.88 Å². The van der Waals surface area contributed by atoms with Gasteiger partial charge in [-0.3, -0.25) is 14.5 Å². The number of hydrogen-bond acceptors (Lipinski definition) is 2. The highest BCUT2D eigenvalue weighted by molar-refractivity contribution is 6.32. The molecule has 1 atom stereocenters. The average Bonchev–Trinajstić information content (AvgIpc) is 3.09. The lowest BCUT2D eigenvalue weighted by molar-refractivity contribution is -0.126. The van der Waals surface area contributed by atoms with Gasteiger partial charge in [0.1, 0.15) is 11.2 Å². The summed E-state index contributed by atoms with van der Waals surface area (Å²) in [5.41, 5.74) is 1.87. The van der Waals surface area contributed by atoms with Gasteiger partial charge in [0, 0.05) is 28.2 Å². The monoisotopic (exact) mass is 437 g/mol. The van der Waals surface area contributed by atoms with Crippen molar-refractivity contribution in [3.63, 3.8) is 0 Å². The number of para-hydroxylation sites is 1. The lowest BCUT2D eigenvalue weighted by Crippen LogP contribution is -2.64. The molecule has 2 heterocycles. The molecule has 0 unspecified atom stereocenters. The van der Waals surface area contributed by atoms with Crippen LogP contribution in [0.25, 0.3) is 10.9 Å². The van der Waals surface area contributed by atoms with Gasteiger partial charge >= 0.3 is 0 Å². The molecule has 31 heavy (non-hydrogen) atoms. The molecule has 0 saturated heterocycles. The van der Waals surface area contributed by atoms with Crippen LogP contribution in [0.2, 0.25) is 5.02 Å². The van der Waals surface area contributed by atoms with Crippen molar-refractivity contribution in [2.45, 2.75) is 46.2 Å². The Balaban J connectivity index is 1.85. The maximum atomic E-state index is 13.8. The molecule has 0 radical (unpaired) electrons. The molecule has 1 N–H and O–H groups in total. The third kappa shape index (κ3) is 3.61. The van der Waals surface area contributed by atoms with Gasteiger partial charge in [-0.05, 0) is 56.0 Å². The summed E-state index contributed by atoms with van der Waals surface area (Å²) in [5, 5.41) is 4.62. The van der Waals surface area contributed by atoms with Crippen LogP contribution in [0.4, 0.5) is 5.69 Å². The molecule has 0 spiro atoms. The molecule has 1 aromatic heterocycles. The van der Waals surface area contributed by atoms with Crippen LogP contribution in [0.1, 0.15) is 43.2 Å². The first-order chi connectivity index (χ1) is 14.7. The van der Waals surface area contributed by atoms with E-state index in [0.29, 0.717) is 35.4 Å². The van der Waals surface area contributed by atoms with Gasteiger partial charge in [-0.1, -0.05) is 49.7 Å². The van der Waals surface area contributed by atoms with Gasteiger partial charge in [0.15, 0.2) is 0 Å². The SMILES string of the molecule is Cc1c(Cl)cccc1N1C(=O)c2cc3ccccc3n2C[C@@]1(C)C(=O)NCCC(C)C. The van der Waals surface area contributed by atoms with Crippen LogP contribution >= 0.6 is 11.6 Å². The van der Waals surface area contributed by atoms with Crippen molar-refractivity contribution < 1.29 is 9.59 Å². The molecule has 1 aliphatic heterocycles. The number of amides is 2. The molecule has 0 bridgehead atoms. The summed E-state index contributed by atoms with van der Waals surface area (Å²) < 4.78 is 1.97. The molecule has 0 fully saturated rings. The maximum Gasteiger partial charge on any atom is 0.275 e. The van der Waals surface area contributed by atoms with Crippen LogP contribution < -0.4 is 10.2 Å². The molecule has 1 aliphatic rings. The predicted octanol–water partition coefficient (Wildman–Crippen LogP) is 5.18. The van der Waals surface area contributed by atoms with E-state index in [0.717, 1.165) is 22.9 Å². The third-order valence-corrected chi connectivity index (χ3v) is 6.58. The minimum atomic E-state index is -1.10. The first-order valence-electron chi connectivity index (χ1n) is 10.7. The first-order valence-corrected chi connectivity index (χ1v) is 11.1. The summed E-state index contributed by atoms with van der Waals surface area (Å²) in [6, 6.07) is 15.3. The van der Waals surface area contributed by atoms with Gasteiger partial charge in [0.05, 0.1) is 6.54 Å². The number of aromatic nitrogens is 1. The lowest BCUT2D eigenvalue weighted by Gasteiger charge is -2.44. The van der Waals surface area contributed by atoms with Crippen molar-refractivity contribution in [3.05, 3.63) is 64.8 Å². The molecule has 0 aliphatic carbocycles. The van der Waals surface area contributed by atoms with Crippen molar-refractivity contribution in [1.29, 1.82) is 0 Å². The number of nitrogens with zero attached hydrogens (tertiary/aromatic N) is 2. The predicted molar refractivity (Wildman–Crippen MR) is 126 cm³/mol. The van der Waals surface area contributed by atoms with Crippen LogP contribution in [-0.2, 0) is 11.3 Å². The van der Waals surface area contributed by atoms with E-state index >= 15 is 0 Å². The van der Waals surface area contributed by atoms with Gasteiger partial charge in [0.2, 0.25) is 5.91 Å². The average molecular weight is 438 g/mol. The Hall–Kier alpha value is -2.79. The highest BCUT2D eigenvalue weighted by Gasteiger charge is 2.49. The number of benzene rings is 2. The van der Waals surface area contributed by atoms with Gasteiger partial charge in [-0.2, -0.15) is 0 Å². The number of rotatable bonds is 5. The molecular weight excluding hydrogens is 410 g/mol. The number of carbonyl (C=O) groups is 2. The minimum absolute atomic E-state index is 0.163. The van der Waals surface area contributed by atoms with Crippen molar-refractivity contribution >= 4 is 40.0 Å². The Morgan fingerprint density at radius 3 is 2.68 bits per heavy atom. The molecule has 0 saturated carbocycles. The molecule has 162 valence electrons. The summed E-state index contributed by atoms with van der Waals surface area (Å²) in [6.45, 7) is 8.90. The summed E-state index contributed by atoms with van der Waals surface area (Å²) in [7, 11) is 0. The number of fused-ring (bicyclic) bond motifs is 3. The van der Waals surface area contributed by atoms with Crippen LogP contribution in [0.15, 0.2) is 48.5 Å². The Kier molecular flexibility index (Phi) is 5.56. The smallest absolute Gasteiger partial charge is 0.275 e. The first kappa shape index (κ1) is 21.4. The number of hydrogen-bond donors (Lipinski definition) is 1. The van der Waals surface area contributed by atoms with Crippen LogP contribution in [0.3, 0.4) is 0 Å². The molecular formula is C25H28ClN3O2. The molecule has 3 aromatic rings. The number of anilines is 1. The van der Waals surface area contributed by atoms with Crippen LogP contribution in [0, 0.1) is 12.8 Å². The van der Waals surface area contributed by atoms with Gasteiger partial charge < -0.3 is 9.88 Å². The van der Waals surface area contributed by atoms with Gasteiger partial charge in [0.25, 0.3) is 5.91 Å². The molecule has 5 nitrogen and oxygen atoms in total. The Bertz CT molecular complexity index is 1170. The van der Waals surface area contributed by atoms with Crippen LogP contribution in [0.5, 0.6) is 0 Å². The molecule has 2 amide bonds. The summed E-state index contributed by atoms with van der Waals surface area (Å²) in [4.78, 5) is 29.0. The maximum absolute atomic E-state index is 13.8. The van der Waals surface area contributed by atoms with E-state index in [1.54, 1.807) is 11.0 Å². The molecule has 2 aromatic carbocycles. The van der Waals surface area contributed by atoms with E-state index in [4.69, 9.17) is 11.6 Å². The second-order valence-electron chi connectivity index (χ2n) is 8.91. The normalized spacial score (nSPS) is 18.5. The molecule has 4 rings (SSSR count). The zero-order chi connectivity index (χ0) is 22.3. The van der Waals surface area contributed by atoms with E-state index in [-0.39, 0.29) is 11.8 Å². The van der Waals surface area contributed by atoms with Gasteiger partial charge in [-0.15, -0.1) is 0 Å². The fraction of sp³-hybridized carbons (Fsp3) is 0.360. The van der Waals surface area contributed by atoms with Crippen molar-refractivity contribution in [2.24, 2.45) is 5.92 Å². The topological polar surface area (TPSA) is 54.3 Å². The zero-order valence-corrected chi connectivity index (χ0v) is 19.2. The lowest BCUT2D eigenvalue weighted by atomic mass is 9.92. The number of halogens is 1. The second-order valence-corrected chi connectivity index (χ2v) is 9.32. The Labute approximate surface area is 188 Å². The molecule has 6 heteroatoms. The highest BCUT2D eigenvalue weighted by atomic mass is 35.5. The van der Waals surface area contributed by atoms with E-state index in [1.807, 2.05) is 60.9 Å². The Morgan fingerprint density at radius 2 is 1.94 bits per heavy atom. The number of carbonyl (C=O) groups excluding carboxylic acids is 2. The van der Waals surface area contributed by atoms with Crippen molar-refractivity contribution in [2.75, 3.05) is 11.4 Å². The summed E-state index contributed by atoms with van der Waals surface area (Å²) >= 11 is 6.39. The standard InChI is InChI=1S/C25H28ClN3O2/c1-16(2)12-13-27-24(31)25(4)15-28-21-10-6-5-8-18(21)14-22(28)23(30)29(25)20-11-7-9-19(26)17(20)3/h5-11,14,16H,12-13,15H2,1-4H3,(H,27,31)/t25-/m0/s1. The third-order valence-electron chi connectivity index (χ3n) is 6.17. The fourth-order valence-corrected chi connectivity index (χ4v) is 4.50. The summed E-state index contributed by atoms with van der Waals surface area (Å²) in [5.74, 6) is 0.117. The van der Waals surface area contributed by atoms with E-state index < -0.39 is 5.54 Å². The van der Waals surface area contributed by atoms with E-state index in [1.165, 1.54) is 0 Å². The van der Waals surface area contributed by atoms with Crippen LogP contribution in [-0.4, -0.2) is 28.5 Å².